The van der Waals surface area contributed by atoms with Crippen molar-refractivity contribution in [2.75, 3.05) is 0 Å². The van der Waals surface area contributed by atoms with Gasteiger partial charge in [0.05, 0.1) is 23.4 Å². The first-order valence-electron chi connectivity index (χ1n) is 12.6. The van der Waals surface area contributed by atoms with Crippen molar-refractivity contribution in [1.29, 1.82) is 0 Å². The molecular formula is C28H38O6. The molecule has 2 fully saturated rings. The Bertz CT molecular complexity index is 1020. The van der Waals surface area contributed by atoms with Gasteiger partial charge in [-0.1, -0.05) is 27.7 Å². The summed E-state index contributed by atoms with van der Waals surface area (Å²) in [5.41, 5.74) is -0.533. The molecular weight excluding hydrogens is 432 g/mol. The van der Waals surface area contributed by atoms with Gasteiger partial charge in [-0.15, -0.1) is 0 Å². The number of aliphatic hydroxyl groups is 1. The molecule has 6 heteroatoms. The molecule has 4 rings (SSSR count). The number of hydrogen-bond donors (Lipinski definition) is 1. The summed E-state index contributed by atoms with van der Waals surface area (Å²) in [6, 6.07) is 0. The first-order valence-corrected chi connectivity index (χ1v) is 12.6. The quantitative estimate of drug-likeness (QED) is 0.599. The fraction of sp³-hybridized carbons (Fsp3) is 0.679. The number of fused-ring (bicyclic) bond motifs is 3. The van der Waals surface area contributed by atoms with E-state index >= 15 is 0 Å². The maximum atomic E-state index is 13.5. The Hall–Kier alpha value is -2.05. The van der Waals surface area contributed by atoms with Crippen LogP contribution in [-0.2, 0) is 23.9 Å². The van der Waals surface area contributed by atoms with Crippen molar-refractivity contribution >= 4 is 17.3 Å². The molecule has 2 aliphatic carbocycles. The summed E-state index contributed by atoms with van der Waals surface area (Å²) < 4.78 is 12.8. The fourth-order valence-electron chi connectivity index (χ4n) is 6.15. The number of ether oxygens (including phenoxy) is 2. The SMILES string of the molecule is CC[C@H](C)C(=O)[C@@H](C)C1=CC(=O)C2=C(O[C@]3(C)CC[C@H]4O[C@@H](C(C)(C)O)CC[C@]4(C)C3=C2)C1=O. The van der Waals surface area contributed by atoms with E-state index in [4.69, 9.17) is 9.47 Å². The van der Waals surface area contributed by atoms with E-state index in [-0.39, 0.29) is 57.8 Å². The van der Waals surface area contributed by atoms with Gasteiger partial charge in [0.15, 0.2) is 11.5 Å². The summed E-state index contributed by atoms with van der Waals surface area (Å²) in [5.74, 6) is -1.44. The molecule has 0 unspecified atom stereocenters. The highest BCUT2D eigenvalue weighted by atomic mass is 16.5. The third-order valence-electron chi connectivity index (χ3n) is 8.69. The second kappa shape index (κ2) is 8.27. The topological polar surface area (TPSA) is 89.9 Å². The molecule has 0 aromatic rings. The van der Waals surface area contributed by atoms with Gasteiger partial charge >= 0.3 is 0 Å². The summed E-state index contributed by atoms with van der Waals surface area (Å²) in [6.45, 7) is 13.2. The lowest BCUT2D eigenvalue weighted by Gasteiger charge is -2.57. The summed E-state index contributed by atoms with van der Waals surface area (Å²) in [4.78, 5) is 39.4. The Labute approximate surface area is 202 Å². The average molecular weight is 471 g/mol. The molecule has 1 N–H and O–H groups in total. The highest BCUT2D eigenvalue weighted by Gasteiger charge is 2.57. The first-order chi connectivity index (χ1) is 15.7. The van der Waals surface area contributed by atoms with Crippen LogP contribution in [0.15, 0.2) is 34.6 Å². The first kappa shape index (κ1) is 25.1. The molecule has 0 bridgehead atoms. The second-order valence-electron chi connectivity index (χ2n) is 11.6. The van der Waals surface area contributed by atoms with Crippen LogP contribution in [0.5, 0.6) is 0 Å². The molecule has 1 saturated heterocycles. The van der Waals surface area contributed by atoms with E-state index in [1.807, 2.05) is 26.8 Å². The summed E-state index contributed by atoms with van der Waals surface area (Å²) in [6.07, 6.45) is 6.38. The van der Waals surface area contributed by atoms with Crippen LogP contribution in [-0.4, -0.2) is 45.9 Å². The van der Waals surface area contributed by atoms with Gasteiger partial charge in [-0.3, -0.25) is 14.4 Å². The van der Waals surface area contributed by atoms with Gasteiger partial charge in [0.25, 0.3) is 0 Å². The molecule has 0 amide bonds. The maximum Gasteiger partial charge on any atom is 0.225 e. The molecule has 0 aromatic carbocycles. The van der Waals surface area contributed by atoms with Crippen LogP contribution in [0.2, 0.25) is 0 Å². The van der Waals surface area contributed by atoms with Gasteiger partial charge in [0.1, 0.15) is 11.4 Å². The van der Waals surface area contributed by atoms with Crippen LogP contribution in [0.3, 0.4) is 0 Å². The molecule has 1 saturated carbocycles. The van der Waals surface area contributed by atoms with Crippen LogP contribution in [0.1, 0.15) is 80.6 Å². The normalized spacial score (nSPS) is 35.3. The second-order valence-corrected chi connectivity index (χ2v) is 11.6. The highest BCUT2D eigenvalue weighted by Crippen LogP contribution is 2.57. The number of rotatable bonds is 5. The molecule has 6 atom stereocenters. The van der Waals surface area contributed by atoms with Crippen molar-refractivity contribution < 1.29 is 29.0 Å². The number of carbonyl (C=O) groups is 3. The molecule has 0 aromatic heterocycles. The fourth-order valence-corrected chi connectivity index (χ4v) is 6.15. The average Bonchev–Trinajstić information content (AvgIpc) is 2.77. The van der Waals surface area contributed by atoms with Crippen molar-refractivity contribution in [2.24, 2.45) is 17.3 Å². The predicted molar refractivity (Wildman–Crippen MR) is 128 cm³/mol. The van der Waals surface area contributed by atoms with Crippen molar-refractivity contribution in [2.45, 2.75) is 104 Å². The van der Waals surface area contributed by atoms with Gasteiger partial charge < -0.3 is 14.6 Å². The molecule has 2 aliphatic heterocycles. The minimum Gasteiger partial charge on any atom is -0.478 e. The van der Waals surface area contributed by atoms with Gasteiger partial charge in [-0.25, -0.2) is 0 Å². The lowest BCUT2D eigenvalue weighted by atomic mass is 9.58. The van der Waals surface area contributed by atoms with Crippen molar-refractivity contribution in [3.8, 4) is 0 Å². The third-order valence-corrected chi connectivity index (χ3v) is 8.69. The van der Waals surface area contributed by atoms with E-state index < -0.39 is 17.1 Å². The monoisotopic (exact) mass is 470 g/mol. The third kappa shape index (κ3) is 3.83. The molecule has 186 valence electrons. The Morgan fingerprint density at radius 1 is 1.18 bits per heavy atom. The van der Waals surface area contributed by atoms with Crippen LogP contribution < -0.4 is 0 Å². The van der Waals surface area contributed by atoms with E-state index in [0.717, 1.165) is 18.4 Å². The molecule has 4 aliphatic rings. The maximum absolute atomic E-state index is 13.5. The molecule has 0 radical (unpaired) electrons. The van der Waals surface area contributed by atoms with Crippen molar-refractivity contribution in [3.05, 3.63) is 34.6 Å². The van der Waals surface area contributed by atoms with Gasteiger partial charge in [-0.05, 0) is 70.6 Å². The zero-order valence-corrected chi connectivity index (χ0v) is 21.5. The lowest BCUT2D eigenvalue weighted by molar-refractivity contribution is -0.196. The van der Waals surface area contributed by atoms with Crippen LogP contribution in [0.4, 0.5) is 0 Å². The molecule has 0 spiro atoms. The van der Waals surface area contributed by atoms with Gasteiger partial charge in [0, 0.05) is 22.8 Å². The number of allylic oxidation sites excluding steroid dienone is 4. The standard InChI is InChI=1S/C28H38O6/c1-8-15(2)23(30)16(3)17-13-19(29)18-14-20-27(6)11-9-21(26(4,5)32)33-22(27)10-12-28(20,7)34-25(18)24(17)31/h13-16,21-22,32H,8-12H2,1-7H3/t15-,16-,21+,22+,27+,28+/m0/s1. The number of carbonyl (C=O) groups excluding carboxylic acids is 3. The van der Waals surface area contributed by atoms with Crippen LogP contribution in [0.25, 0.3) is 0 Å². The summed E-state index contributed by atoms with van der Waals surface area (Å²) >= 11 is 0. The zero-order valence-electron chi connectivity index (χ0n) is 21.5. The van der Waals surface area contributed by atoms with E-state index in [2.05, 4.69) is 6.92 Å². The van der Waals surface area contributed by atoms with E-state index in [1.165, 1.54) is 6.08 Å². The van der Waals surface area contributed by atoms with E-state index in [9.17, 15) is 19.5 Å². The minimum atomic E-state index is -0.925. The zero-order chi connectivity index (χ0) is 25.2. The highest BCUT2D eigenvalue weighted by molar-refractivity contribution is 6.24. The molecule has 34 heavy (non-hydrogen) atoms. The van der Waals surface area contributed by atoms with E-state index in [1.54, 1.807) is 20.8 Å². The smallest absolute Gasteiger partial charge is 0.225 e. The Kier molecular flexibility index (Phi) is 6.09. The lowest BCUT2D eigenvalue weighted by Crippen LogP contribution is -2.58. The Balaban J connectivity index is 1.68. The summed E-state index contributed by atoms with van der Waals surface area (Å²) in [7, 11) is 0. The minimum absolute atomic E-state index is 0.0362. The molecule has 2 heterocycles. The number of hydrogen-bond acceptors (Lipinski definition) is 6. The number of ketones is 3. The van der Waals surface area contributed by atoms with Crippen LogP contribution in [0, 0.1) is 17.3 Å². The van der Waals surface area contributed by atoms with Crippen molar-refractivity contribution in [3.63, 3.8) is 0 Å². The van der Waals surface area contributed by atoms with Crippen molar-refractivity contribution in [1.82, 2.24) is 0 Å². The predicted octanol–water partition coefficient (Wildman–Crippen LogP) is 4.40. The molecule has 6 nitrogen and oxygen atoms in total. The van der Waals surface area contributed by atoms with Crippen LogP contribution >= 0.6 is 0 Å². The van der Waals surface area contributed by atoms with Gasteiger partial charge in [-0.2, -0.15) is 0 Å². The largest absolute Gasteiger partial charge is 0.478 e. The van der Waals surface area contributed by atoms with Gasteiger partial charge in [0.2, 0.25) is 5.78 Å². The van der Waals surface area contributed by atoms with E-state index in [0.29, 0.717) is 19.3 Å². The Morgan fingerprint density at radius 3 is 2.47 bits per heavy atom. The number of Topliss-reactive ketones (excluding diaryl/α,β-unsaturated/α-hetero) is 2. The Morgan fingerprint density at radius 2 is 1.85 bits per heavy atom. The summed E-state index contributed by atoms with van der Waals surface area (Å²) in [5, 5.41) is 10.5.